The lowest BCUT2D eigenvalue weighted by Crippen LogP contribution is -2.02. The Labute approximate surface area is 101 Å². The highest BCUT2D eigenvalue weighted by atomic mass is 17.2. The van der Waals surface area contributed by atoms with E-state index in [9.17, 15) is 4.79 Å². The van der Waals surface area contributed by atoms with E-state index in [0.29, 0.717) is 5.56 Å². The van der Waals surface area contributed by atoms with E-state index in [-0.39, 0.29) is 0 Å². The zero-order valence-corrected chi connectivity index (χ0v) is 9.58. The molecule has 0 fully saturated rings. The van der Waals surface area contributed by atoms with Crippen LogP contribution in [0.3, 0.4) is 0 Å². The molecule has 0 bridgehead atoms. The molecule has 0 unspecified atom stereocenters. The summed E-state index contributed by atoms with van der Waals surface area (Å²) >= 11 is 0. The molecule has 2 aromatic carbocycles. The molecule has 0 aliphatic rings. The Bertz CT molecular complexity index is 385. The van der Waals surface area contributed by atoms with Gasteiger partial charge in [-0.1, -0.05) is 54.6 Å². The molecule has 0 saturated carbocycles. The van der Waals surface area contributed by atoms with Crippen molar-refractivity contribution in [2.24, 2.45) is 0 Å². The van der Waals surface area contributed by atoms with E-state index in [1.165, 1.54) is 7.11 Å². The Morgan fingerprint density at radius 1 is 0.824 bits per heavy atom. The van der Waals surface area contributed by atoms with E-state index in [1.807, 2.05) is 42.5 Å². The lowest BCUT2D eigenvalue weighted by Gasteiger charge is -1.97. The van der Waals surface area contributed by atoms with Crippen LogP contribution in [-0.2, 0) is 9.78 Å². The molecule has 3 heteroatoms. The molecular weight excluding hydrogens is 216 g/mol. The minimum absolute atomic E-state index is 0.479. The van der Waals surface area contributed by atoms with Crippen molar-refractivity contribution in [1.29, 1.82) is 0 Å². The van der Waals surface area contributed by atoms with Gasteiger partial charge in [-0.3, -0.25) is 4.89 Å². The van der Waals surface area contributed by atoms with Gasteiger partial charge in [-0.15, -0.1) is 0 Å². The number of carbonyl (C=O) groups excluding carboxylic acids is 1. The van der Waals surface area contributed by atoms with Crippen molar-refractivity contribution in [3.63, 3.8) is 0 Å². The largest absolute Gasteiger partial charge is 0.373 e. The molecule has 3 nitrogen and oxygen atoms in total. The Kier molecular flexibility index (Phi) is 6.14. The predicted molar refractivity (Wildman–Crippen MR) is 65.3 cm³/mol. The van der Waals surface area contributed by atoms with Crippen LogP contribution in [0.15, 0.2) is 66.7 Å². The molecule has 0 heterocycles. The highest BCUT2D eigenvalue weighted by Gasteiger charge is 2.04. The van der Waals surface area contributed by atoms with Crippen LogP contribution >= 0.6 is 0 Å². The van der Waals surface area contributed by atoms with Crippen LogP contribution in [0.2, 0.25) is 0 Å². The average molecular weight is 230 g/mol. The summed E-state index contributed by atoms with van der Waals surface area (Å²) in [6.45, 7) is 0. The van der Waals surface area contributed by atoms with E-state index < -0.39 is 5.97 Å². The van der Waals surface area contributed by atoms with Crippen molar-refractivity contribution >= 4 is 5.97 Å². The second-order valence-corrected chi connectivity index (χ2v) is 3.06. The number of benzene rings is 2. The maximum atomic E-state index is 10.9. The van der Waals surface area contributed by atoms with Gasteiger partial charge >= 0.3 is 5.97 Å². The van der Waals surface area contributed by atoms with Crippen LogP contribution in [0.5, 0.6) is 0 Å². The highest BCUT2D eigenvalue weighted by molar-refractivity contribution is 5.88. The van der Waals surface area contributed by atoms with Crippen LogP contribution in [0.4, 0.5) is 0 Å². The van der Waals surface area contributed by atoms with Gasteiger partial charge in [0.05, 0.1) is 12.7 Å². The third-order valence-electron chi connectivity index (χ3n) is 1.84. The fraction of sp³-hybridized carbons (Fsp3) is 0.0714. The average Bonchev–Trinajstić information content (AvgIpc) is 2.43. The van der Waals surface area contributed by atoms with E-state index in [2.05, 4.69) is 9.78 Å². The minimum atomic E-state index is -0.479. The van der Waals surface area contributed by atoms with Crippen molar-refractivity contribution in [3.8, 4) is 0 Å². The van der Waals surface area contributed by atoms with Crippen LogP contribution in [0, 0.1) is 0 Å². The summed E-state index contributed by atoms with van der Waals surface area (Å²) in [5.74, 6) is -0.479. The zero-order chi connectivity index (χ0) is 12.3. The zero-order valence-electron chi connectivity index (χ0n) is 9.58. The minimum Gasteiger partial charge on any atom is -0.293 e. The first-order valence-corrected chi connectivity index (χ1v) is 5.14. The van der Waals surface area contributed by atoms with Gasteiger partial charge in [0.2, 0.25) is 0 Å². The van der Waals surface area contributed by atoms with Gasteiger partial charge in [0.15, 0.2) is 0 Å². The smallest absolute Gasteiger partial charge is 0.293 e. The van der Waals surface area contributed by atoms with E-state index in [1.54, 1.807) is 24.3 Å². The fourth-order valence-corrected chi connectivity index (χ4v) is 1.08. The normalized spacial score (nSPS) is 8.76. The molecular formula is C14H14O3. The first-order chi connectivity index (χ1) is 8.34. The standard InChI is InChI=1S/C8H8O3.C6H6/c1-10-11-8(9)7-5-3-2-4-6-7;1-2-4-6-5-3-1/h2-6H,1H3;1-6H. The summed E-state index contributed by atoms with van der Waals surface area (Å²) in [6, 6.07) is 20.6. The Hall–Kier alpha value is -2.13. The van der Waals surface area contributed by atoms with Crippen molar-refractivity contribution in [2.75, 3.05) is 7.11 Å². The summed E-state index contributed by atoms with van der Waals surface area (Å²) in [4.78, 5) is 19.4. The third-order valence-corrected chi connectivity index (χ3v) is 1.84. The molecule has 17 heavy (non-hydrogen) atoms. The molecule has 0 amide bonds. The second kappa shape index (κ2) is 8.07. The molecule has 0 spiro atoms. The topological polar surface area (TPSA) is 35.5 Å². The Balaban J connectivity index is 0.000000202. The summed E-state index contributed by atoms with van der Waals surface area (Å²) in [5.41, 5.74) is 0.481. The van der Waals surface area contributed by atoms with E-state index in [4.69, 9.17) is 0 Å². The summed E-state index contributed by atoms with van der Waals surface area (Å²) in [7, 11) is 1.29. The number of hydrogen-bond donors (Lipinski definition) is 0. The van der Waals surface area contributed by atoms with Crippen molar-refractivity contribution in [2.45, 2.75) is 0 Å². The van der Waals surface area contributed by atoms with Crippen LogP contribution in [0.25, 0.3) is 0 Å². The highest BCUT2D eigenvalue weighted by Crippen LogP contribution is 2.00. The van der Waals surface area contributed by atoms with Gasteiger partial charge in [-0.2, -0.15) is 4.89 Å². The lowest BCUT2D eigenvalue weighted by atomic mass is 10.2. The lowest BCUT2D eigenvalue weighted by molar-refractivity contribution is -0.216. The molecule has 88 valence electrons. The molecule has 0 N–H and O–H groups in total. The van der Waals surface area contributed by atoms with Gasteiger partial charge in [-0.05, 0) is 12.1 Å². The Morgan fingerprint density at radius 2 is 1.24 bits per heavy atom. The maximum Gasteiger partial charge on any atom is 0.373 e. The maximum absolute atomic E-state index is 10.9. The predicted octanol–water partition coefficient (Wildman–Crippen LogP) is 3.09. The van der Waals surface area contributed by atoms with Gasteiger partial charge in [0.1, 0.15) is 0 Å². The second-order valence-electron chi connectivity index (χ2n) is 3.06. The molecule has 2 rings (SSSR count). The van der Waals surface area contributed by atoms with Gasteiger partial charge in [0, 0.05) is 0 Å². The van der Waals surface area contributed by atoms with Gasteiger partial charge in [0.25, 0.3) is 0 Å². The Morgan fingerprint density at radius 3 is 1.65 bits per heavy atom. The molecule has 2 aromatic rings. The molecule has 0 aliphatic carbocycles. The van der Waals surface area contributed by atoms with Crippen LogP contribution < -0.4 is 0 Å². The number of carbonyl (C=O) groups is 1. The van der Waals surface area contributed by atoms with E-state index >= 15 is 0 Å². The van der Waals surface area contributed by atoms with E-state index in [0.717, 1.165) is 0 Å². The molecule has 0 saturated heterocycles. The molecule has 0 atom stereocenters. The van der Waals surface area contributed by atoms with Crippen molar-refractivity contribution in [3.05, 3.63) is 72.3 Å². The van der Waals surface area contributed by atoms with Gasteiger partial charge in [-0.25, -0.2) is 4.79 Å². The summed E-state index contributed by atoms with van der Waals surface area (Å²) in [5, 5.41) is 0. The monoisotopic (exact) mass is 230 g/mol. The SMILES string of the molecule is COOC(=O)c1ccccc1.c1ccccc1. The van der Waals surface area contributed by atoms with Gasteiger partial charge < -0.3 is 0 Å². The summed E-state index contributed by atoms with van der Waals surface area (Å²) in [6.07, 6.45) is 0. The molecule has 0 aromatic heterocycles. The van der Waals surface area contributed by atoms with Crippen LogP contribution in [0.1, 0.15) is 10.4 Å². The number of hydrogen-bond acceptors (Lipinski definition) is 3. The van der Waals surface area contributed by atoms with Crippen LogP contribution in [-0.4, -0.2) is 13.1 Å². The fourth-order valence-electron chi connectivity index (χ4n) is 1.08. The molecule has 0 aliphatic heterocycles. The van der Waals surface area contributed by atoms with Crippen molar-refractivity contribution in [1.82, 2.24) is 0 Å². The quantitative estimate of drug-likeness (QED) is 0.587. The first-order valence-electron chi connectivity index (χ1n) is 5.14. The third kappa shape index (κ3) is 5.49. The first kappa shape index (κ1) is 12.9. The number of rotatable bonds is 2. The summed E-state index contributed by atoms with van der Waals surface area (Å²) < 4.78 is 0. The molecule has 0 radical (unpaired) electrons. The van der Waals surface area contributed by atoms with Crippen molar-refractivity contribution < 1.29 is 14.6 Å².